The molecule has 0 amide bonds. The first-order chi connectivity index (χ1) is 14.2. The van der Waals surface area contributed by atoms with E-state index in [0.717, 1.165) is 32.1 Å². The number of aliphatic hydroxyl groups is 1. The molecule has 6 unspecified atom stereocenters. The maximum Gasteiger partial charge on any atom is 0.292 e. The number of ketones is 1. The number of fused-ring (bicyclic) bond motifs is 6. The average molecular weight is 419 g/mol. The summed E-state index contributed by atoms with van der Waals surface area (Å²) in [6.45, 7) is 7.32. The molecule has 5 rings (SSSR count). The van der Waals surface area contributed by atoms with Gasteiger partial charge in [-0.05, 0) is 88.0 Å². The topological polar surface area (TPSA) is 72.8 Å². The highest BCUT2D eigenvalue weighted by Gasteiger charge is 2.70. The van der Waals surface area contributed by atoms with Crippen LogP contribution in [0, 0.1) is 22.7 Å². The van der Waals surface area contributed by atoms with Crippen molar-refractivity contribution in [3.05, 3.63) is 11.6 Å². The lowest BCUT2D eigenvalue weighted by atomic mass is 9.44. The van der Waals surface area contributed by atoms with Crippen molar-refractivity contribution in [3.8, 4) is 0 Å². The van der Waals surface area contributed by atoms with Crippen LogP contribution in [0.1, 0.15) is 85.0 Å². The Bertz CT molecular complexity index is 746. The van der Waals surface area contributed by atoms with E-state index in [1.165, 1.54) is 38.4 Å². The van der Waals surface area contributed by atoms with E-state index in [-0.39, 0.29) is 22.2 Å². The fourth-order valence-electron chi connectivity index (χ4n) is 8.14. The summed E-state index contributed by atoms with van der Waals surface area (Å²) in [5.74, 6) is 1.17. The smallest absolute Gasteiger partial charge is 0.292 e. The molecular formula is C25H38O5. The van der Waals surface area contributed by atoms with E-state index in [2.05, 4.69) is 25.5 Å². The molecule has 0 radical (unpaired) electrons. The predicted octanol–water partition coefficient (Wildman–Crippen LogP) is 4.36. The minimum atomic E-state index is -0.641. The first kappa shape index (κ1) is 22.0. The van der Waals surface area contributed by atoms with Gasteiger partial charge in [-0.25, -0.2) is 0 Å². The summed E-state index contributed by atoms with van der Waals surface area (Å²) >= 11 is 0. The van der Waals surface area contributed by atoms with Crippen molar-refractivity contribution in [2.45, 2.75) is 102 Å². The third kappa shape index (κ3) is 2.87. The molecule has 1 N–H and O–H groups in total. The Morgan fingerprint density at radius 2 is 1.77 bits per heavy atom. The molecule has 1 heterocycles. The van der Waals surface area contributed by atoms with Crippen LogP contribution in [0.3, 0.4) is 0 Å². The lowest BCUT2D eigenvalue weighted by Gasteiger charge is -2.63. The Morgan fingerprint density at radius 1 is 1.07 bits per heavy atom. The van der Waals surface area contributed by atoms with Gasteiger partial charge in [-0.15, -0.1) is 0 Å². The molecule has 0 aromatic carbocycles. The molecule has 168 valence electrons. The Hall–Kier alpha value is -1.20. The van der Waals surface area contributed by atoms with Crippen molar-refractivity contribution in [1.82, 2.24) is 0 Å². The quantitative estimate of drug-likeness (QED) is 0.641. The minimum absolute atomic E-state index is 0.0535. The minimum Gasteiger partial charge on any atom is -0.471 e. The number of rotatable bonds is 1. The van der Waals surface area contributed by atoms with E-state index < -0.39 is 5.60 Å². The van der Waals surface area contributed by atoms with Gasteiger partial charge in [0.05, 0.1) is 24.4 Å². The fraction of sp³-hybridized carbons (Fsp3) is 0.840. The van der Waals surface area contributed by atoms with Crippen molar-refractivity contribution in [1.29, 1.82) is 0 Å². The van der Waals surface area contributed by atoms with Gasteiger partial charge in [0.2, 0.25) is 0 Å². The third-order valence-electron chi connectivity index (χ3n) is 9.92. The van der Waals surface area contributed by atoms with Gasteiger partial charge in [0.15, 0.2) is 5.78 Å². The largest absolute Gasteiger partial charge is 0.471 e. The zero-order valence-corrected chi connectivity index (χ0v) is 19.0. The second-order valence-corrected chi connectivity index (χ2v) is 10.9. The number of hydrogen-bond donors (Lipinski definition) is 1. The molecule has 30 heavy (non-hydrogen) atoms. The Kier molecular flexibility index (Phi) is 5.46. The van der Waals surface area contributed by atoms with Crippen LogP contribution in [-0.2, 0) is 19.1 Å². The molecular weight excluding hydrogens is 380 g/mol. The molecule has 1 spiro atoms. The van der Waals surface area contributed by atoms with Crippen LogP contribution in [0.25, 0.3) is 0 Å². The third-order valence-corrected chi connectivity index (χ3v) is 9.92. The number of carbonyl (C=O) groups is 2. The first-order valence-corrected chi connectivity index (χ1v) is 11.8. The monoisotopic (exact) mass is 418 g/mol. The maximum atomic E-state index is 12.1. The summed E-state index contributed by atoms with van der Waals surface area (Å²) in [5.41, 5.74) is 0.645. The Balaban J connectivity index is 0.000000503. The lowest BCUT2D eigenvalue weighted by molar-refractivity contribution is -0.215. The molecule has 0 bridgehead atoms. The van der Waals surface area contributed by atoms with Crippen molar-refractivity contribution >= 4 is 12.3 Å². The highest BCUT2D eigenvalue weighted by molar-refractivity contribution is 5.91. The van der Waals surface area contributed by atoms with E-state index in [4.69, 9.17) is 9.53 Å². The van der Waals surface area contributed by atoms with Gasteiger partial charge in [-0.1, -0.05) is 19.4 Å². The highest BCUT2D eigenvalue weighted by Crippen LogP contribution is 2.71. The van der Waals surface area contributed by atoms with Crippen LogP contribution in [-0.4, -0.2) is 41.8 Å². The van der Waals surface area contributed by atoms with E-state index in [0.29, 0.717) is 30.8 Å². The van der Waals surface area contributed by atoms with Gasteiger partial charge in [-0.2, -0.15) is 0 Å². The van der Waals surface area contributed by atoms with E-state index in [9.17, 15) is 9.90 Å². The summed E-state index contributed by atoms with van der Waals surface area (Å²) in [5, 5.41) is 12.1. The fourth-order valence-corrected chi connectivity index (χ4v) is 8.14. The SMILES string of the molecule is CC1CC[C@@]2(CCC3C4CCC5=CC(=O)CCC5(C)C4(O)CCC32C)O1.COC=O. The van der Waals surface area contributed by atoms with Crippen LogP contribution in [0.4, 0.5) is 0 Å². The van der Waals surface area contributed by atoms with Gasteiger partial charge in [0.1, 0.15) is 0 Å². The van der Waals surface area contributed by atoms with E-state index in [1.54, 1.807) is 0 Å². The summed E-state index contributed by atoms with van der Waals surface area (Å²) in [7, 11) is 1.31. The average Bonchev–Trinajstić information content (AvgIpc) is 3.24. The second-order valence-electron chi connectivity index (χ2n) is 10.9. The summed E-state index contributed by atoms with van der Waals surface area (Å²) in [4.78, 5) is 20.9. The molecule has 4 fully saturated rings. The van der Waals surface area contributed by atoms with Crippen LogP contribution >= 0.6 is 0 Å². The predicted molar refractivity (Wildman–Crippen MR) is 114 cm³/mol. The molecule has 3 saturated carbocycles. The van der Waals surface area contributed by atoms with Gasteiger partial charge >= 0.3 is 0 Å². The van der Waals surface area contributed by atoms with Crippen molar-refractivity contribution < 1.29 is 24.2 Å². The number of ether oxygens (including phenoxy) is 2. The molecule has 5 heteroatoms. The van der Waals surface area contributed by atoms with Gasteiger partial charge in [0.25, 0.3) is 6.47 Å². The van der Waals surface area contributed by atoms with Crippen molar-refractivity contribution in [3.63, 3.8) is 0 Å². The Labute approximate surface area is 180 Å². The van der Waals surface area contributed by atoms with Gasteiger partial charge in [0, 0.05) is 11.8 Å². The Morgan fingerprint density at radius 3 is 2.40 bits per heavy atom. The summed E-state index contributed by atoms with van der Waals surface area (Å²) < 4.78 is 10.5. The van der Waals surface area contributed by atoms with Crippen molar-refractivity contribution in [2.24, 2.45) is 22.7 Å². The first-order valence-electron chi connectivity index (χ1n) is 11.8. The second kappa shape index (κ2) is 7.44. The van der Waals surface area contributed by atoms with E-state index >= 15 is 0 Å². The van der Waals surface area contributed by atoms with Crippen LogP contribution in [0.2, 0.25) is 0 Å². The lowest BCUT2D eigenvalue weighted by Crippen LogP contribution is -2.64. The molecule has 0 aromatic rings. The standard InChI is InChI=1S/C23H34O3.C2H4O2/c1-15-6-10-22(26-15)11-8-18-19-5-4-16-14-17(24)7-9-20(16,2)23(19,25)13-12-21(18,22)3;1-4-2-3/h14-15,18-19,25H,4-13H2,1-3H3;2H,1H3/t15?,18?,19?,20?,21?,22-,23?;/m0./s1. The van der Waals surface area contributed by atoms with E-state index in [1.807, 2.05) is 6.08 Å². The molecule has 5 nitrogen and oxygen atoms in total. The zero-order valence-electron chi connectivity index (χ0n) is 19.0. The molecule has 1 saturated heterocycles. The number of hydrogen-bond acceptors (Lipinski definition) is 5. The highest BCUT2D eigenvalue weighted by atomic mass is 16.5. The molecule has 5 aliphatic rings. The normalized spacial score (nSPS) is 49.3. The van der Waals surface area contributed by atoms with Crippen molar-refractivity contribution in [2.75, 3.05) is 7.11 Å². The molecule has 1 aliphatic heterocycles. The number of carbonyl (C=O) groups excluding carboxylic acids is 2. The van der Waals surface area contributed by atoms with Gasteiger partial charge < -0.3 is 14.6 Å². The van der Waals surface area contributed by atoms with Crippen LogP contribution < -0.4 is 0 Å². The molecule has 4 aliphatic carbocycles. The molecule has 0 aromatic heterocycles. The van der Waals surface area contributed by atoms with Crippen LogP contribution in [0.15, 0.2) is 11.6 Å². The maximum absolute atomic E-state index is 12.1. The summed E-state index contributed by atoms with van der Waals surface area (Å²) in [6, 6.07) is 0. The van der Waals surface area contributed by atoms with Crippen LogP contribution in [0.5, 0.6) is 0 Å². The number of methoxy groups -OCH3 is 1. The molecule has 7 atom stereocenters. The van der Waals surface area contributed by atoms with Gasteiger partial charge in [-0.3, -0.25) is 9.59 Å². The zero-order chi connectivity index (χ0) is 21.8. The summed E-state index contributed by atoms with van der Waals surface area (Å²) in [6.07, 6.45) is 12.4.